The first-order valence-corrected chi connectivity index (χ1v) is 6.77. The van der Waals surface area contributed by atoms with Gasteiger partial charge in [0, 0.05) is 5.56 Å². The van der Waals surface area contributed by atoms with Crippen molar-refractivity contribution in [2.75, 3.05) is 11.5 Å². The van der Waals surface area contributed by atoms with Crippen molar-refractivity contribution in [1.82, 2.24) is 10.1 Å². The number of amides is 1. The van der Waals surface area contributed by atoms with Gasteiger partial charge in [-0.2, -0.15) is 4.98 Å². The van der Waals surface area contributed by atoms with Crippen LogP contribution in [-0.2, 0) is 4.79 Å². The van der Waals surface area contributed by atoms with Gasteiger partial charge in [-0.05, 0) is 12.1 Å². The molecule has 1 aliphatic heterocycles. The largest absolute Gasteiger partial charge is 0.482 e. The number of ether oxygens (including phenoxy) is 1. The van der Waals surface area contributed by atoms with E-state index in [-0.39, 0.29) is 18.5 Å². The summed E-state index contributed by atoms with van der Waals surface area (Å²) in [5.41, 5.74) is 1.42. The number of benzene rings is 2. The highest BCUT2D eigenvalue weighted by molar-refractivity contribution is 6.02. The molecule has 1 amide bonds. The summed E-state index contributed by atoms with van der Waals surface area (Å²) in [7, 11) is 0. The van der Waals surface area contributed by atoms with Crippen molar-refractivity contribution in [3.05, 3.63) is 54.6 Å². The zero-order valence-corrected chi connectivity index (χ0v) is 11.5. The Morgan fingerprint density at radius 3 is 2.64 bits per heavy atom. The van der Waals surface area contributed by atoms with Gasteiger partial charge >= 0.3 is 6.01 Å². The van der Waals surface area contributed by atoms with Crippen LogP contribution < -0.4 is 9.64 Å². The van der Waals surface area contributed by atoms with Crippen LogP contribution in [0.5, 0.6) is 5.75 Å². The summed E-state index contributed by atoms with van der Waals surface area (Å²) in [5, 5.41) is 3.95. The molecule has 2 heterocycles. The minimum absolute atomic E-state index is 0.0555. The number of hydrogen-bond acceptors (Lipinski definition) is 5. The van der Waals surface area contributed by atoms with E-state index in [1.54, 1.807) is 12.1 Å². The van der Waals surface area contributed by atoms with Gasteiger partial charge in [0.2, 0.25) is 5.82 Å². The molecule has 0 fully saturated rings. The Hall–Kier alpha value is -3.15. The molecular weight excluding hydrogens is 282 g/mol. The number of carbonyl (C=O) groups is 1. The lowest BCUT2D eigenvalue weighted by Crippen LogP contribution is -2.35. The number of aromatic nitrogens is 2. The number of fused-ring (bicyclic) bond motifs is 1. The van der Waals surface area contributed by atoms with Gasteiger partial charge in [0.1, 0.15) is 5.75 Å². The SMILES string of the molecule is O=C1COc2ccccc2N1c1nc(-c2ccccc2)no1. The standard InChI is InChI=1S/C16H11N3O3/c20-14-10-21-13-9-5-4-8-12(13)19(14)16-17-15(18-22-16)11-6-2-1-3-7-11/h1-9H,10H2. The summed E-state index contributed by atoms with van der Waals surface area (Å²) in [6.45, 7) is -0.0555. The molecule has 0 saturated heterocycles. The van der Waals surface area contributed by atoms with Crippen LogP contribution in [0, 0.1) is 0 Å². The topological polar surface area (TPSA) is 68.5 Å². The number of hydrogen-bond donors (Lipinski definition) is 0. The molecule has 0 aliphatic carbocycles. The maximum atomic E-state index is 12.2. The molecule has 0 bridgehead atoms. The smallest absolute Gasteiger partial charge is 0.335 e. The van der Waals surface area contributed by atoms with E-state index in [2.05, 4.69) is 10.1 Å². The van der Waals surface area contributed by atoms with Crippen LogP contribution in [0.1, 0.15) is 0 Å². The number of carbonyl (C=O) groups excluding carboxylic acids is 1. The first-order valence-electron chi connectivity index (χ1n) is 6.77. The van der Waals surface area contributed by atoms with Crippen LogP contribution in [-0.4, -0.2) is 22.7 Å². The zero-order chi connectivity index (χ0) is 14.9. The predicted octanol–water partition coefficient (Wildman–Crippen LogP) is 2.79. The average molecular weight is 293 g/mol. The number of nitrogens with zero attached hydrogens (tertiary/aromatic N) is 3. The summed E-state index contributed by atoms with van der Waals surface area (Å²) < 4.78 is 10.7. The van der Waals surface area contributed by atoms with Crippen molar-refractivity contribution in [3.63, 3.8) is 0 Å². The monoisotopic (exact) mass is 293 g/mol. The van der Waals surface area contributed by atoms with Gasteiger partial charge in [0.05, 0.1) is 5.69 Å². The van der Waals surface area contributed by atoms with E-state index in [0.29, 0.717) is 17.3 Å². The summed E-state index contributed by atoms with van der Waals surface area (Å²) in [6, 6.07) is 16.8. The molecule has 1 aliphatic rings. The van der Waals surface area contributed by atoms with Crippen LogP contribution >= 0.6 is 0 Å². The number of para-hydroxylation sites is 2. The molecule has 0 N–H and O–H groups in total. The van der Waals surface area contributed by atoms with Gasteiger partial charge in [-0.25, -0.2) is 4.90 Å². The Labute approximate surface area is 125 Å². The highest BCUT2D eigenvalue weighted by Gasteiger charge is 2.30. The zero-order valence-electron chi connectivity index (χ0n) is 11.5. The highest BCUT2D eigenvalue weighted by atomic mass is 16.5. The van der Waals surface area contributed by atoms with E-state index in [9.17, 15) is 4.79 Å². The quantitative estimate of drug-likeness (QED) is 0.726. The molecule has 0 radical (unpaired) electrons. The third kappa shape index (κ3) is 2.01. The maximum Gasteiger partial charge on any atom is 0.335 e. The predicted molar refractivity (Wildman–Crippen MR) is 78.8 cm³/mol. The Morgan fingerprint density at radius 2 is 1.77 bits per heavy atom. The second-order valence-corrected chi connectivity index (χ2v) is 4.75. The number of rotatable bonds is 2. The minimum Gasteiger partial charge on any atom is -0.482 e. The van der Waals surface area contributed by atoms with E-state index >= 15 is 0 Å². The van der Waals surface area contributed by atoms with Crippen molar-refractivity contribution in [1.29, 1.82) is 0 Å². The van der Waals surface area contributed by atoms with Crippen molar-refractivity contribution >= 4 is 17.6 Å². The van der Waals surface area contributed by atoms with Gasteiger partial charge in [0.15, 0.2) is 6.61 Å². The molecule has 0 spiro atoms. The van der Waals surface area contributed by atoms with Crippen LogP contribution in [0.4, 0.5) is 11.7 Å². The maximum absolute atomic E-state index is 12.2. The highest BCUT2D eigenvalue weighted by Crippen LogP contribution is 2.36. The first kappa shape index (κ1) is 12.6. The first-order chi connectivity index (χ1) is 10.8. The third-order valence-electron chi connectivity index (χ3n) is 3.35. The molecule has 2 aromatic carbocycles. The second kappa shape index (κ2) is 5.00. The van der Waals surface area contributed by atoms with Crippen molar-refractivity contribution < 1.29 is 14.1 Å². The van der Waals surface area contributed by atoms with Crippen molar-refractivity contribution in [2.24, 2.45) is 0 Å². The fourth-order valence-corrected chi connectivity index (χ4v) is 2.32. The molecule has 1 aromatic heterocycles. The molecule has 0 saturated carbocycles. The van der Waals surface area contributed by atoms with Gasteiger partial charge in [-0.3, -0.25) is 4.79 Å². The molecule has 108 valence electrons. The average Bonchev–Trinajstić information content (AvgIpc) is 3.05. The van der Waals surface area contributed by atoms with E-state index in [0.717, 1.165) is 5.56 Å². The Morgan fingerprint density at radius 1 is 1.00 bits per heavy atom. The van der Waals surface area contributed by atoms with E-state index in [4.69, 9.17) is 9.26 Å². The van der Waals surface area contributed by atoms with Gasteiger partial charge in [0.25, 0.3) is 5.91 Å². The van der Waals surface area contributed by atoms with Crippen molar-refractivity contribution in [3.8, 4) is 17.1 Å². The summed E-state index contributed by atoms with van der Waals surface area (Å²) >= 11 is 0. The molecule has 0 unspecified atom stereocenters. The molecule has 22 heavy (non-hydrogen) atoms. The lowest BCUT2D eigenvalue weighted by atomic mass is 10.2. The molecule has 4 rings (SSSR count). The van der Waals surface area contributed by atoms with Crippen molar-refractivity contribution in [2.45, 2.75) is 0 Å². The molecule has 6 heteroatoms. The second-order valence-electron chi connectivity index (χ2n) is 4.75. The minimum atomic E-state index is -0.248. The fourth-order valence-electron chi connectivity index (χ4n) is 2.32. The summed E-state index contributed by atoms with van der Waals surface area (Å²) in [4.78, 5) is 17.9. The van der Waals surface area contributed by atoms with Crippen LogP contribution in [0.15, 0.2) is 59.1 Å². The third-order valence-corrected chi connectivity index (χ3v) is 3.35. The summed E-state index contributed by atoms with van der Waals surface area (Å²) in [5.74, 6) is 0.802. The van der Waals surface area contributed by atoms with E-state index in [1.165, 1.54) is 4.90 Å². The van der Waals surface area contributed by atoms with E-state index < -0.39 is 0 Å². The molecular formula is C16H11N3O3. The Kier molecular flexibility index (Phi) is 2.86. The van der Waals surface area contributed by atoms with Gasteiger partial charge in [-0.1, -0.05) is 47.6 Å². The van der Waals surface area contributed by atoms with Crippen LogP contribution in [0.3, 0.4) is 0 Å². The summed E-state index contributed by atoms with van der Waals surface area (Å²) in [6.07, 6.45) is 0. The molecule has 3 aromatic rings. The van der Waals surface area contributed by atoms with Crippen LogP contribution in [0.2, 0.25) is 0 Å². The lowest BCUT2D eigenvalue weighted by Gasteiger charge is -2.25. The Bertz CT molecular complexity index is 829. The normalized spacial score (nSPS) is 13.6. The Balaban J connectivity index is 1.77. The lowest BCUT2D eigenvalue weighted by molar-refractivity contribution is -0.120. The van der Waals surface area contributed by atoms with E-state index in [1.807, 2.05) is 42.5 Å². The molecule has 6 nitrogen and oxygen atoms in total. The fraction of sp³-hybridized carbons (Fsp3) is 0.0625. The number of anilines is 2. The van der Waals surface area contributed by atoms with Gasteiger partial charge < -0.3 is 9.26 Å². The molecule has 0 atom stereocenters. The van der Waals surface area contributed by atoms with Crippen LogP contribution in [0.25, 0.3) is 11.4 Å². The van der Waals surface area contributed by atoms with Gasteiger partial charge in [-0.15, -0.1) is 0 Å².